The summed E-state index contributed by atoms with van der Waals surface area (Å²) in [4.78, 5) is 25.1. The Morgan fingerprint density at radius 3 is 2.67 bits per heavy atom. The van der Waals surface area contributed by atoms with E-state index >= 15 is 0 Å². The number of Topliss-reactive ketones (excluding diaryl/α,β-unsaturated/α-hetero) is 1. The molecule has 3 rings (SSSR count). The lowest BCUT2D eigenvalue weighted by molar-refractivity contribution is 0.0474. The molecule has 0 N–H and O–H groups in total. The molecule has 0 saturated carbocycles. The molecular weight excluding hydrogens is 386 g/mol. The molecule has 162 valence electrons. The van der Waals surface area contributed by atoms with Gasteiger partial charge in [-0.1, -0.05) is 0 Å². The van der Waals surface area contributed by atoms with Crippen molar-refractivity contribution in [1.82, 2.24) is 4.57 Å². The maximum absolute atomic E-state index is 12.7. The van der Waals surface area contributed by atoms with Crippen LogP contribution in [0.4, 0.5) is 0 Å². The third-order valence-electron chi connectivity index (χ3n) is 5.32. The molecule has 0 unspecified atom stereocenters. The van der Waals surface area contributed by atoms with Crippen molar-refractivity contribution in [2.24, 2.45) is 0 Å². The Hall–Kier alpha value is -2.80. The maximum atomic E-state index is 12.7. The summed E-state index contributed by atoms with van der Waals surface area (Å²) in [5.41, 5.74) is 2.74. The number of benzene rings is 1. The van der Waals surface area contributed by atoms with Crippen molar-refractivity contribution in [3.8, 4) is 11.5 Å². The van der Waals surface area contributed by atoms with Gasteiger partial charge < -0.3 is 23.5 Å². The molecule has 7 nitrogen and oxygen atoms in total. The molecule has 1 fully saturated rings. The monoisotopic (exact) mass is 415 g/mol. The van der Waals surface area contributed by atoms with Gasteiger partial charge in [-0.15, -0.1) is 0 Å². The van der Waals surface area contributed by atoms with Gasteiger partial charge in [0, 0.05) is 30.1 Å². The molecule has 30 heavy (non-hydrogen) atoms. The molecule has 2 aromatic rings. The summed E-state index contributed by atoms with van der Waals surface area (Å²) in [7, 11) is 1.53. The highest BCUT2D eigenvalue weighted by Crippen LogP contribution is 2.28. The summed E-state index contributed by atoms with van der Waals surface area (Å²) in [6.07, 6.45) is 2.29. The summed E-state index contributed by atoms with van der Waals surface area (Å²) >= 11 is 0. The van der Waals surface area contributed by atoms with Crippen molar-refractivity contribution in [3.05, 3.63) is 46.8 Å². The van der Waals surface area contributed by atoms with Crippen LogP contribution in [0.2, 0.25) is 0 Å². The summed E-state index contributed by atoms with van der Waals surface area (Å²) in [6.45, 7) is 7.37. The minimum Gasteiger partial charge on any atom is -0.493 e. The second-order valence-electron chi connectivity index (χ2n) is 7.33. The highest BCUT2D eigenvalue weighted by molar-refractivity contribution is 6.00. The van der Waals surface area contributed by atoms with Crippen molar-refractivity contribution < 1.29 is 28.5 Å². The molecule has 0 amide bonds. The fourth-order valence-electron chi connectivity index (χ4n) is 3.72. The average Bonchev–Trinajstić information content (AvgIpc) is 3.35. The molecule has 1 aromatic carbocycles. The Bertz CT molecular complexity index is 911. The van der Waals surface area contributed by atoms with E-state index < -0.39 is 5.97 Å². The maximum Gasteiger partial charge on any atom is 0.338 e. The van der Waals surface area contributed by atoms with Gasteiger partial charge in [-0.25, -0.2) is 4.79 Å². The molecule has 0 aliphatic carbocycles. The van der Waals surface area contributed by atoms with Crippen LogP contribution in [0, 0.1) is 13.8 Å². The molecule has 1 aliphatic heterocycles. The van der Waals surface area contributed by atoms with E-state index in [1.807, 2.05) is 26.8 Å². The number of carbonyl (C=O) groups excluding carboxylic acids is 2. The standard InChI is InChI=1S/C23H29NO6/c1-5-28-22-12-17(8-9-21(22)27-4)23(26)30-14-20(25)19-11-15(2)24(16(19)3)13-18-7-6-10-29-18/h8-9,11-12,18H,5-7,10,13-14H2,1-4H3/t18-/m1/s1. The average molecular weight is 415 g/mol. The smallest absolute Gasteiger partial charge is 0.338 e. The fourth-order valence-corrected chi connectivity index (χ4v) is 3.72. The summed E-state index contributed by atoms with van der Waals surface area (Å²) < 4.78 is 23.8. The summed E-state index contributed by atoms with van der Waals surface area (Å²) in [5.74, 6) is 0.176. The van der Waals surface area contributed by atoms with Gasteiger partial charge in [0.05, 0.1) is 25.4 Å². The number of hydrogen-bond acceptors (Lipinski definition) is 6. The van der Waals surface area contributed by atoms with E-state index in [-0.39, 0.29) is 18.5 Å². The van der Waals surface area contributed by atoms with Gasteiger partial charge in [0.15, 0.2) is 18.1 Å². The number of rotatable bonds is 9. The van der Waals surface area contributed by atoms with E-state index in [2.05, 4.69) is 4.57 Å². The molecule has 1 atom stereocenters. The van der Waals surface area contributed by atoms with Crippen LogP contribution < -0.4 is 9.47 Å². The second kappa shape index (κ2) is 9.80. The number of aryl methyl sites for hydroxylation is 1. The van der Waals surface area contributed by atoms with E-state index in [1.165, 1.54) is 7.11 Å². The molecule has 1 aromatic heterocycles. The zero-order chi connectivity index (χ0) is 21.7. The third kappa shape index (κ3) is 4.84. The molecule has 1 saturated heterocycles. The molecule has 0 spiro atoms. The van der Waals surface area contributed by atoms with Gasteiger partial charge in [-0.3, -0.25) is 4.79 Å². The summed E-state index contributed by atoms with van der Waals surface area (Å²) in [6, 6.07) is 6.63. The number of hydrogen-bond donors (Lipinski definition) is 0. The molecule has 7 heteroatoms. The minimum atomic E-state index is -0.583. The largest absolute Gasteiger partial charge is 0.493 e. The first-order valence-electron chi connectivity index (χ1n) is 10.2. The Balaban J connectivity index is 1.65. The molecule has 0 bridgehead atoms. The first kappa shape index (κ1) is 21.9. The van der Waals surface area contributed by atoms with Crippen LogP contribution in [0.15, 0.2) is 24.3 Å². The van der Waals surface area contributed by atoms with E-state index in [4.69, 9.17) is 18.9 Å². The number of ether oxygens (including phenoxy) is 4. The first-order chi connectivity index (χ1) is 14.4. The van der Waals surface area contributed by atoms with Crippen molar-refractivity contribution in [1.29, 1.82) is 0 Å². The number of methoxy groups -OCH3 is 1. The van der Waals surface area contributed by atoms with Crippen LogP contribution >= 0.6 is 0 Å². The predicted octanol–water partition coefficient (Wildman–Crippen LogP) is 3.73. The highest BCUT2D eigenvalue weighted by Gasteiger charge is 2.22. The van der Waals surface area contributed by atoms with Crippen molar-refractivity contribution in [2.75, 3.05) is 26.9 Å². The van der Waals surface area contributed by atoms with E-state index in [9.17, 15) is 9.59 Å². The highest BCUT2D eigenvalue weighted by atomic mass is 16.5. The number of nitrogens with zero attached hydrogens (tertiary/aromatic N) is 1. The van der Waals surface area contributed by atoms with Crippen LogP contribution in [0.25, 0.3) is 0 Å². The van der Waals surface area contributed by atoms with Crippen LogP contribution in [0.5, 0.6) is 11.5 Å². The Morgan fingerprint density at radius 2 is 2.00 bits per heavy atom. The van der Waals surface area contributed by atoms with E-state index in [0.717, 1.165) is 37.4 Å². The van der Waals surface area contributed by atoms with Gasteiger partial charge in [0.1, 0.15) is 0 Å². The van der Waals surface area contributed by atoms with Crippen molar-refractivity contribution in [3.63, 3.8) is 0 Å². The topological polar surface area (TPSA) is 76.0 Å². The van der Waals surface area contributed by atoms with Crippen molar-refractivity contribution >= 4 is 11.8 Å². The Morgan fingerprint density at radius 1 is 1.20 bits per heavy atom. The van der Waals surface area contributed by atoms with E-state index in [0.29, 0.717) is 29.2 Å². The van der Waals surface area contributed by atoms with E-state index in [1.54, 1.807) is 18.2 Å². The Labute approximate surface area is 176 Å². The first-order valence-corrected chi connectivity index (χ1v) is 10.2. The second-order valence-corrected chi connectivity index (χ2v) is 7.33. The lowest BCUT2D eigenvalue weighted by atomic mass is 10.1. The van der Waals surface area contributed by atoms with Gasteiger partial charge in [0.25, 0.3) is 0 Å². The predicted molar refractivity (Wildman–Crippen MR) is 112 cm³/mol. The zero-order valence-electron chi connectivity index (χ0n) is 18.0. The normalized spacial score (nSPS) is 15.8. The Kier molecular flexibility index (Phi) is 7.15. The number of esters is 1. The third-order valence-corrected chi connectivity index (χ3v) is 5.32. The minimum absolute atomic E-state index is 0.185. The quantitative estimate of drug-likeness (QED) is 0.459. The molecule has 0 radical (unpaired) electrons. The zero-order valence-corrected chi connectivity index (χ0v) is 18.0. The van der Waals surface area contributed by atoms with Crippen LogP contribution in [-0.4, -0.2) is 49.4 Å². The molecule has 1 aliphatic rings. The van der Waals surface area contributed by atoms with Crippen LogP contribution in [0.3, 0.4) is 0 Å². The number of aromatic nitrogens is 1. The summed E-state index contributed by atoms with van der Waals surface area (Å²) in [5, 5.41) is 0. The number of carbonyl (C=O) groups is 2. The lowest BCUT2D eigenvalue weighted by Crippen LogP contribution is -2.18. The SMILES string of the molecule is CCOc1cc(C(=O)OCC(=O)c2cc(C)n(C[C@H]3CCCO3)c2C)ccc1OC. The molecular formula is C23H29NO6. The van der Waals surface area contributed by atoms with Gasteiger partial charge >= 0.3 is 5.97 Å². The van der Waals surface area contributed by atoms with Gasteiger partial charge in [-0.2, -0.15) is 0 Å². The van der Waals surface area contributed by atoms with Crippen LogP contribution in [-0.2, 0) is 16.0 Å². The van der Waals surface area contributed by atoms with Gasteiger partial charge in [0.2, 0.25) is 5.78 Å². The van der Waals surface area contributed by atoms with Crippen molar-refractivity contribution in [2.45, 2.75) is 46.3 Å². The van der Waals surface area contributed by atoms with Crippen LogP contribution in [0.1, 0.15) is 51.9 Å². The lowest BCUT2D eigenvalue weighted by Gasteiger charge is -2.14. The fraction of sp³-hybridized carbons (Fsp3) is 0.478. The van der Waals surface area contributed by atoms with Gasteiger partial charge in [-0.05, 0) is 57.9 Å². The molecule has 2 heterocycles. The number of ketones is 1.